The first-order valence-corrected chi connectivity index (χ1v) is 11.6. The highest BCUT2D eigenvalue weighted by Crippen LogP contribution is 2.35. The molecule has 0 atom stereocenters. The van der Waals surface area contributed by atoms with Gasteiger partial charge in [0.1, 0.15) is 6.61 Å². The van der Waals surface area contributed by atoms with Crippen molar-refractivity contribution in [3.63, 3.8) is 0 Å². The number of nitrogens with zero attached hydrogens (tertiary/aromatic N) is 2. The van der Waals surface area contributed by atoms with E-state index in [9.17, 15) is 4.79 Å². The molecule has 1 fully saturated rings. The fourth-order valence-corrected chi connectivity index (χ4v) is 4.41. The molecular weight excluding hydrogens is 444 g/mol. The van der Waals surface area contributed by atoms with Crippen molar-refractivity contribution in [2.75, 3.05) is 13.7 Å². The Morgan fingerprint density at radius 2 is 1.71 bits per heavy atom. The molecule has 0 aromatic heterocycles. The fourth-order valence-electron chi connectivity index (χ4n) is 3.44. The van der Waals surface area contributed by atoms with Crippen LogP contribution in [0, 0.1) is 12.3 Å². The summed E-state index contributed by atoms with van der Waals surface area (Å²) in [6, 6.07) is 25.4. The van der Waals surface area contributed by atoms with E-state index >= 15 is 0 Å². The lowest BCUT2D eigenvalue weighted by Gasteiger charge is -2.15. The van der Waals surface area contributed by atoms with Gasteiger partial charge in [-0.25, -0.2) is 0 Å². The average Bonchev–Trinajstić information content (AvgIpc) is 3.17. The van der Waals surface area contributed by atoms with Crippen LogP contribution in [0.2, 0.25) is 0 Å². The summed E-state index contributed by atoms with van der Waals surface area (Å²) in [5, 5.41) is 0.685. The molecule has 0 saturated carbocycles. The first kappa shape index (κ1) is 23.2. The quantitative estimate of drug-likeness (QED) is 0.329. The van der Waals surface area contributed by atoms with Gasteiger partial charge in [0.25, 0.3) is 5.91 Å². The van der Waals surface area contributed by atoms with Gasteiger partial charge in [0, 0.05) is 0 Å². The fraction of sp³-hybridized carbons (Fsp3) is 0.143. The molecule has 0 unspecified atom stereocenters. The number of methoxy groups -OCH3 is 1. The molecule has 1 aliphatic heterocycles. The summed E-state index contributed by atoms with van der Waals surface area (Å²) in [5.41, 5.74) is 2.96. The monoisotopic (exact) mass is 468 g/mol. The van der Waals surface area contributed by atoms with Crippen LogP contribution in [-0.4, -0.2) is 29.7 Å². The lowest BCUT2D eigenvalue weighted by atomic mass is 10.1. The van der Waals surface area contributed by atoms with Crippen molar-refractivity contribution >= 4 is 28.9 Å². The summed E-state index contributed by atoms with van der Waals surface area (Å²) >= 11 is 1.38. The van der Waals surface area contributed by atoms with Gasteiger partial charge in [0.2, 0.25) is 0 Å². The summed E-state index contributed by atoms with van der Waals surface area (Å²) in [5.74, 6) is 3.48. The minimum absolute atomic E-state index is 0.0766. The van der Waals surface area contributed by atoms with Gasteiger partial charge < -0.3 is 9.47 Å². The van der Waals surface area contributed by atoms with E-state index in [4.69, 9.17) is 20.9 Å². The Hall–Kier alpha value is -3.95. The normalized spacial score (nSPS) is 15.5. The first-order chi connectivity index (χ1) is 16.7. The molecule has 1 amide bonds. The highest BCUT2D eigenvalue weighted by molar-refractivity contribution is 8.18. The third-order valence-corrected chi connectivity index (χ3v) is 6.15. The Bertz CT molecular complexity index is 1250. The number of terminal acetylenes is 1. The summed E-state index contributed by atoms with van der Waals surface area (Å²) in [4.78, 5) is 20.5. The maximum absolute atomic E-state index is 13.4. The molecule has 0 radical (unpaired) electrons. The zero-order chi connectivity index (χ0) is 23.8. The zero-order valence-electron chi connectivity index (χ0n) is 18.8. The van der Waals surface area contributed by atoms with E-state index in [1.807, 2.05) is 78.9 Å². The van der Waals surface area contributed by atoms with E-state index in [0.29, 0.717) is 34.7 Å². The van der Waals surface area contributed by atoms with Crippen LogP contribution in [0.15, 0.2) is 88.8 Å². The number of amidine groups is 1. The second kappa shape index (κ2) is 11.3. The van der Waals surface area contributed by atoms with Crippen LogP contribution in [0.4, 0.5) is 0 Å². The van der Waals surface area contributed by atoms with Gasteiger partial charge in [-0.3, -0.25) is 14.7 Å². The highest BCUT2D eigenvalue weighted by atomic mass is 32.2. The van der Waals surface area contributed by atoms with Gasteiger partial charge in [-0.15, -0.1) is 6.42 Å². The molecule has 1 heterocycles. The number of carbonyl (C=O) groups is 1. The van der Waals surface area contributed by atoms with Gasteiger partial charge in [0.05, 0.1) is 25.1 Å². The third kappa shape index (κ3) is 5.69. The molecule has 0 N–H and O–H groups in total. The van der Waals surface area contributed by atoms with Crippen LogP contribution >= 0.6 is 11.8 Å². The molecule has 0 spiro atoms. The molecule has 1 saturated heterocycles. The summed E-state index contributed by atoms with van der Waals surface area (Å²) < 4.78 is 11.0. The average molecular weight is 469 g/mol. The molecule has 3 aromatic carbocycles. The number of amides is 1. The number of hydrogen-bond acceptors (Lipinski definition) is 5. The van der Waals surface area contributed by atoms with E-state index in [1.165, 1.54) is 11.8 Å². The zero-order valence-corrected chi connectivity index (χ0v) is 19.6. The van der Waals surface area contributed by atoms with Crippen molar-refractivity contribution in [2.45, 2.75) is 13.1 Å². The number of carbonyl (C=O) groups excluding carboxylic acids is 1. The van der Waals surface area contributed by atoms with E-state index in [-0.39, 0.29) is 12.5 Å². The van der Waals surface area contributed by atoms with E-state index in [1.54, 1.807) is 18.1 Å². The van der Waals surface area contributed by atoms with Gasteiger partial charge in [-0.2, -0.15) is 0 Å². The number of rotatable bonds is 8. The van der Waals surface area contributed by atoms with Gasteiger partial charge in [0.15, 0.2) is 16.7 Å². The Kier molecular flexibility index (Phi) is 7.69. The number of thioether (sulfide) groups is 1. The number of ether oxygens (including phenoxy) is 2. The Balaban J connectivity index is 1.62. The smallest absolute Gasteiger partial charge is 0.267 e. The summed E-state index contributed by atoms with van der Waals surface area (Å²) in [7, 11) is 1.57. The van der Waals surface area contributed by atoms with Crippen LogP contribution in [0.5, 0.6) is 11.5 Å². The minimum atomic E-state index is -0.0766. The third-order valence-electron chi connectivity index (χ3n) is 5.11. The maximum Gasteiger partial charge on any atom is 0.267 e. The van der Waals surface area contributed by atoms with Crippen LogP contribution in [0.1, 0.15) is 16.7 Å². The van der Waals surface area contributed by atoms with Crippen molar-refractivity contribution in [3.05, 3.63) is 100 Å². The molecular formula is C28H24N2O3S. The molecule has 34 heavy (non-hydrogen) atoms. The Morgan fingerprint density at radius 1 is 1.00 bits per heavy atom. The van der Waals surface area contributed by atoms with Gasteiger partial charge >= 0.3 is 0 Å². The molecule has 4 rings (SSSR count). The molecule has 0 bridgehead atoms. The molecule has 3 aromatic rings. The predicted octanol–water partition coefficient (Wildman–Crippen LogP) is 5.38. The van der Waals surface area contributed by atoms with E-state index in [2.05, 4.69) is 5.92 Å². The molecule has 1 aliphatic rings. The van der Waals surface area contributed by atoms with Crippen molar-refractivity contribution in [3.8, 4) is 23.8 Å². The second-order valence-corrected chi connectivity index (χ2v) is 8.48. The van der Waals surface area contributed by atoms with Crippen molar-refractivity contribution < 1.29 is 14.3 Å². The van der Waals surface area contributed by atoms with E-state index < -0.39 is 0 Å². The van der Waals surface area contributed by atoms with Crippen LogP contribution in [-0.2, 0) is 17.9 Å². The number of aliphatic imine (C=N–C) groups is 1. The van der Waals surface area contributed by atoms with Crippen molar-refractivity contribution in [1.29, 1.82) is 0 Å². The predicted molar refractivity (Wildman–Crippen MR) is 137 cm³/mol. The molecule has 0 aliphatic carbocycles. The summed E-state index contributed by atoms with van der Waals surface area (Å²) in [6.45, 7) is 1.12. The number of benzene rings is 3. The second-order valence-electron chi connectivity index (χ2n) is 7.48. The van der Waals surface area contributed by atoms with Gasteiger partial charge in [-0.05, 0) is 46.7 Å². The molecule has 5 nitrogen and oxygen atoms in total. The lowest BCUT2D eigenvalue weighted by molar-refractivity contribution is -0.122. The summed E-state index contributed by atoms with van der Waals surface area (Å²) in [6.07, 6.45) is 7.13. The van der Waals surface area contributed by atoms with Crippen molar-refractivity contribution in [1.82, 2.24) is 4.90 Å². The van der Waals surface area contributed by atoms with Gasteiger partial charge in [-0.1, -0.05) is 72.7 Å². The molecule has 170 valence electrons. The SMILES string of the molecule is C#CCOc1ccc(/C=C2/SC(=NCc3ccccc3)N(Cc3ccccc3)C2=O)cc1OC. The highest BCUT2D eigenvalue weighted by Gasteiger charge is 2.33. The Labute approximate surface area is 204 Å². The van der Waals surface area contributed by atoms with Crippen LogP contribution in [0.25, 0.3) is 6.08 Å². The minimum Gasteiger partial charge on any atom is -0.493 e. The van der Waals surface area contributed by atoms with Crippen molar-refractivity contribution in [2.24, 2.45) is 4.99 Å². The first-order valence-electron chi connectivity index (χ1n) is 10.8. The topological polar surface area (TPSA) is 51.1 Å². The number of hydrogen-bond donors (Lipinski definition) is 0. The maximum atomic E-state index is 13.4. The Morgan fingerprint density at radius 3 is 2.38 bits per heavy atom. The van der Waals surface area contributed by atoms with Crippen LogP contribution in [0.3, 0.4) is 0 Å². The largest absolute Gasteiger partial charge is 0.493 e. The van der Waals surface area contributed by atoms with Crippen LogP contribution < -0.4 is 9.47 Å². The standard InChI is InChI=1S/C28H24N2O3S/c1-3-16-33-24-15-14-23(17-25(24)32-2)18-26-27(31)30(20-22-12-8-5-9-13-22)28(34-26)29-19-21-10-6-4-7-11-21/h1,4-15,17-18H,16,19-20H2,2H3/b26-18+,29-28?. The lowest BCUT2D eigenvalue weighted by Crippen LogP contribution is -2.28. The molecule has 6 heteroatoms. The van der Waals surface area contributed by atoms with E-state index in [0.717, 1.165) is 16.7 Å².